The van der Waals surface area contributed by atoms with E-state index in [-0.39, 0.29) is 76.1 Å². The van der Waals surface area contributed by atoms with Gasteiger partial charge in [-0.05, 0) is 344 Å². The number of halogens is 3. The summed E-state index contributed by atoms with van der Waals surface area (Å²) in [4.78, 5) is 45.0. The highest BCUT2D eigenvalue weighted by atomic mass is 35.5. The Bertz CT molecular complexity index is 5420. The second kappa shape index (κ2) is 51.5. The summed E-state index contributed by atoms with van der Waals surface area (Å²) in [6.45, 7) is 34.9. The van der Waals surface area contributed by atoms with E-state index in [0.29, 0.717) is 33.4 Å². The predicted octanol–water partition coefficient (Wildman–Crippen LogP) is 34.5. The first-order valence-corrected chi connectivity index (χ1v) is 58.7. The molecule has 15 aromatic rings. The Morgan fingerprint density at radius 2 is 0.441 bits per heavy atom. The first kappa shape index (κ1) is 106. The van der Waals surface area contributed by atoms with Gasteiger partial charge in [0.05, 0.1) is 54.5 Å². The lowest BCUT2D eigenvalue weighted by Gasteiger charge is -2.21. The highest BCUT2D eigenvalue weighted by Crippen LogP contribution is 2.42. The number of ketones is 2. The number of carbonyl (C=O) groups excluding carboxylic acids is 2. The molecule has 17 rings (SSSR count). The molecule has 2 saturated heterocycles. The largest absolute Gasteiger partial charge is 0.294 e. The van der Waals surface area contributed by atoms with Gasteiger partial charge in [0.2, 0.25) is 0 Å². The summed E-state index contributed by atoms with van der Waals surface area (Å²) in [5.41, 5.74) is 8.44. The van der Waals surface area contributed by atoms with E-state index in [1.165, 1.54) is 165 Å². The number of hydrogen-bond donors (Lipinski definition) is 0. The lowest BCUT2D eigenvalue weighted by Crippen LogP contribution is -2.28. The minimum Gasteiger partial charge on any atom is -0.294 e. The zero-order chi connectivity index (χ0) is 96.9. The van der Waals surface area contributed by atoms with Crippen LogP contribution in [0.4, 0.5) is 0 Å². The van der Waals surface area contributed by atoms with E-state index < -0.39 is 0 Å². The van der Waals surface area contributed by atoms with Crippen LogP contribution in [0.1, 0.15) is 155 Å². The lowest BCUT2D eigenvalue weighted by molar-refractivity contribution is -0.123. The monoisotopic (exact) mass is 2000 g/mol. The van der Waals surface area contributed by atoms with Crippen LogP contribution in [-0.4, -0.2) is 46.1 Å². The summed E-state index contributed by atoms with van der Waals surface area (Å²) < 4.78 is 0. The van der Waals surface area contributed by atoms with E-state index in [2.05, 4.69) is 435 Å². The molecule has 0 bridgehead atoms. The Morgan fingerprint density at radius 1 is 0.257 bits per heavy atom. The number of aryl methyl sites for hydroxylation is 3. The van der Waals surface area contributed by atoms with E-state index >= 15 is 0 Å². The molecule has 0 unspecified atom stereocenters. The highest BCUT2D eigenvalue weighted by Gasteiger charge is 2.37. The van der Waals surface area contributed by atoms with Gasteiger partial charge >= 0.3 is 0 Å². The fourth-order valence-electron chi connectivity index (χ4n) is 15.1. The van der Waals surface area contributed by atoms with Crippen LogP contribution in [0.3, 0.4) is 0 Å². The first-order valence-electron chi connectivity index (χ1n) is 47.1. The van der Waals surface area contributed by atoms with Crippen molar-refractivity contribution >= 4 is 134 Å². The SMILES string of the molecule is CC(C)(C)C(=O)C[S+]1CCCC1.CC(C)(C)c1ccc([S+](c2ccc(C(C)(C)C)cc2)c2ccc(C(C)(C)C)cc2)cc1.CCC(=O)C[S+]1CCCC1.Cc1ccc([S+](c2ccc(C)cc2)c2ccc(C)cc2)cc1.Clc1ccc([S+](c2ccc(Cl)cc2)c2ccc(Cl)cc2)cc1.c1ccc([S+](c2ccccc2)c2ccc(Sc3ccc([S+](c4ccccc4)c4ccccc4)cc3)cc2)cc1. The number of Topliss-reactive ketones (excluding diaryl/α,β-unsaturated/α-hetero) is 2. The Kier molecular flexibility index (Phi) is 40.2. The minimum absolute atomic E-state index is 0.0394. The zero-order valence-electron chi connectivity index (χ0n) is 81.9. The summed E-state index contributed by atoms with van der Waals surface area (Å²) in [6, 6.07) is 140. The fraction of sp³-hybridized carbons (Fsp3) is 0.252. The molecule has 700 valence electrons. The molecule has 0 radical (unpaired) electrons. The van der Waals surface area contributed by atoms with Gasteiger partial charge in [-0.1, -0.05) is 299 Å². The van der Waals surface area contributed by atoms with Crippen molar-refractivity contribution in [2.75, 3.05) is 34.5 Å². The smallest absolute Gasteiger partial charge is 0.187 e. The van der Waals surface area contributed by atoms with Crippen molar-refractivity contribution in [1.29, 1.82) is 0 Å². The third kappa shape index (κ3) is 32.2. The summed E-state index contributed by atoms with van der Waals surface area (Å²) in [6.07, 6.45) is 6.16. The molecule has 13 heteroatoms. The van der Waals surface area contributed by atoms with Gasteiger partial charge in [0.15, 0.2) is 96.5 Å². The molecule has 0 aromatic heterocycles. The van der Waals surface area contributed by atoms with Crippen molar-refractivity contribution < 1.29 is 9.59 Å². The van der Waals surface area contributed by atoms with E-state index in [1.807, 2.05) is 75.9 Å². The fourth-order valence-corrected chi connectivity index (χ4v) is 31.5. The van der Waals surface area contributed by atoms with Crippen LogP contribution in [0.15, 0.2) is 471 Å². The molecule has 2 heterocycles. The van der Waals surface area contributed by atoms with E-state index in [9.17, 15) is 9.59 Å². The predicted molar refractivity (Wildman–Crippen MR) is 599 cm³/mol. The molecular weight excluding hydrogens is 1870 g/mol. The number of benzene rings is 15. The Balaban J connectivity index is 0.000000154. The van der Waals surface area contributed by atoms with Gasteiger partial charge in [-0.15, -0.1) is 0 Å². The van der Waals surface area contributed by atoms with Crippen LogP contribution >= 0.6 is 46.6 Å². The number of carbonyl (C=O) groups is 2. The molecular formula is C123H134Cl3O2S8+7. The van der Waals surface area contributed by atoms with Gasteiger partial charge in [-0.25, -0.2) is 0 Å². The van der Waals surface area contributed by atoms with Crippen molar-refractivity contribution in [2.45, 2.75) is 242 Å². The quantitative estimate of drug-likeness (QED) is 0.0634. The third-order valence-electron chi connectivity index (χ3n) is 23.2. The van der Waals surface area contributed by atoms with Crippen LogP contribution in [0.5, 0.6) is 0 Å². The average molecular weight is 2010 g/mol. The highest BCUT2D eigenvalue weighted by molar-refractivity contribution is 8.00. The molecule has 2 aliphatic heterocycles. The first-order chi connectivity index (χ1) is 65.2. The van der Waals surface area contributed by atoms with Crippen LogP contribution < -0.4 is 0 Å². The second-order valence-corrected chi connectivity index (χ2v) is 55.5. The van der Waals surface area contributed by atoms with Gasteiger partial charge in [-0.3, -0.25) is 9.59 Å². The van der Waals surface area contributed by atoms with Crippen LogP contribution in [0.2, 0.25) is 15.1 Å². The summed E-state index contributed by atoms with van der Waals surface area (Å²) in [5.74, 6) is 7.92. The normalized spacial score (nSPS) is 12.9. The van der Waals surface area contributed by atoms with Crippen molar-refractivity contribution in [3.63, 3.8) is 0 Å². The van der Waals surface area contributed by atoms with E-state index in [4.69, 9.17) is 34.8 Å². The van der Waals surface area contributed by atoms with Crippen LogP contribution in [-0.2, 0) is 102 Å². The van der Waals surface area contributed by atoms with Gasteiger partial charge < -0.3 is 0 Å². The Hall–Kier alpha value is -8.69. The summed E-state index contributed by atoms with van der Waals surface area (Å²) >= 11 is 19.9. The lowest BCUT2D eigenvalue weighted by atomic mass is 9.87. The molecule has 0 atom stereocenters. The van der Waals surface area contributed by atoms with Gasteiger partial charge in [-0.2, -0.15) is 0 Å². The van der Waals surface area contributed by atoms with E-state index in [0.717, 1.165) is 33.0 Å². The van der Waals surface area contributed by atoms with E-state index in [1.54, 1.807) is 0 Å². The molecule has 15 aromatic carbocycles. The second-order valence-electron chi connectivity index (χ2n) is 38.3. The Morgan fingerprint density at radius 3 is 0.640 bits per heavy atom. The van der Waals surface area contributed by atoms with Crippen LogP contribution in [0, 0.1) is 26.2 Å². The molecule has 0 spiro atoms. The maximum atomic E-state index is 11.6. The third-order valence-corrected chi connectivity index (χ3v) is 41.0. The zero-order valence-corrected chi connectivity index (χ0v) is 90.7. The molecule has 2 aliphatic rings. The maximum absolute atomic E-state index is 11.6. The standard InChI is InChI=1S/C36H28S3.C30H39S.C21H21S.C18H12Cl3S.C10H19OS.C8H15OS/c1-5-13-31(14-6-1)38(32-15-7-2-8-16-32)35-25-21-29(22-26-35)37-30-23-27-36(28-24-30)39(33-17-9-3-10-18-33)34-19-11-4-12-20-34;1-28(2,3)22-10-16-25(17-11-22)31(26-18-12-23(13-19-26)29(4,5)6)27-20-14-24(15-21-27)30(7,8)9;1-16-4-10-19(11-5-16)22(20-12-6-17(2)7-13-20)21-14-8-18(3)9-15-21;19-13-1-7-16(8-2-13)22(17-9-3-14(20)4-10-17)18-11-5-15(21)6-12-18;1-10(2,3)9(11)8-12-6-4-5-7-12;1-2-8(9)7-10-5-3-4-6-10/h1-28H;10-21H,1-9H3;4-15H,1-3H3;1-12H;4-8H2,1-3H3;2-7H2,1H3/q+2;5*+1. The maximum Gasteiger partial charge on any atom is 0.187 e. The molecule has 0 amide bonds. The average Bonchev–Trinajstić information content (AvgIpc) is 1.02. The molecule has 2 fully saturated rings. The van der Waals surface area contributed by atoms with Crippen molar-refractivity contribution in [3.8, 4) is 0 Å². The van der Waals surface area contributed by atoms with Gasteiger partial charge in [0, 0.05) is 36.7 Å². The topological polar surface area (TPSA) is 34.1 Å². The molecule has 0 N–H and O–H groups in total. The summed E-state index contributed by atoms with van der Waals surface area (Å²) in [5, 5.41) is 2.21. The molecule has 136 heavy (non-hydrogen) atoms. The number of rotatable bonds is 22. The van der Waals surface area contributed by atoms with Gasteiger partial charge in [0.1, 0.15) is 23.0 Å². The van der Waals surface area contributed by atoms with Gasteiger partial charge in [0.25, 0.3) is 0 Å². The molecule has 2 nitrogen and oxygen atoms in total. The molecule has 0 aliphatic carbocycles. The summed E-state index contributed by atoms with van der Waals surface area (Å²) in [7, 11) is 0.320. The minimum atomic E-state index is -0.215. The number of hydrogen-bond acceptors (Lipinski definition) is 3. The van der Waals surface area contributed by atoms with Crippen molar-refractivity contribution in [1.82, 2.24) is 0 Å². The van der Waals surface area contributed by atoms with Crippen molar-refractivity contribution in [3.05, 3.63) is 437 Å². The Labute approximate surface area is 854 Å². The molecule has 0 saturated carbocycles. The van der Waals surface area contributed by atoms with Crippen LogP contribution in [0.25, 0.3) is 0 Å². The van der Waals surface area contributed by atoms with Crippen molar-refractivity contribution in [2.24, 2.45) is 5.41 Å².